The van der Waals surface area contributed by atoms with Gasteiger partial charge in [-0.05, 0) is 5.92 Å². The fourth-order valence-electron chi connectivity index (χ4n) is 1.26. The lowest BCUT2D eigenvalue weighted by Crippen LogP contribution is -2.53. The van der Waals surface area contributed by atoms with E-state index in [1.807, 2.05) is 18.7 Å². The summed E-state index contributed by atoms with van der Waals surface area (Å²) in [4.78, 5) is 12.5. The molecule has 1 aliphatic heterocycles. The zero-order valence-corrected chi connectivity index (χ0v) is 6.87. The number of nitrogens with zero attached hydrogens (tertiary/aromatic N) is 2. The SMILES string of the molecule is CC(C)C(C#N)N1CC(=O)C1. The van der Waals surface area contributed by atoms with E-state index in [9.17, 15) is 4.79 Å². The molecule has 0 N–H and O–H groups in total. The molecule has 60 valence electrons. The van der Waals surface area contributed by atoms with Crippen LogP contribution < -0.4 is 0 Å². The molecule has 1 heterocycles. The van der Waals surface area contributed by atoms with Crippen LogP contribution in [0.25, 0.3) is 0 Å². The molecule has 1 saturated heterocycles. The summed E-state index contributed by atoms with van der Waals surface area (Å²) in [5, 5.41) is 8.72. The average Bonchev–Trinajstić information content (AvgIpc) is 1.85. The highest BCUT2D eigenvalue weighted by atomic mass is 16.1. The van der Waals surface area contributed by atoms with Crippen LogP contribution in [0.4, 0.5) is 0 Å². The van der Waals surface area contributed by atoms with Crippen LogP contribution in [-0.4, -0.2) is 29.8 Å². The molecular formula is C8H12N2O. The molecule has 0 aromatic heterocycles. The van der Waals surface area contributed by atoms with Gasteiger partial charge in [0.15, 0.2) is 5.78 Å². The van der Waals surface area contributed by atoms with Crippen molar-refractivity contribution in [2.45, 2.75) is 19.9 Å². The Morgan fingerprint density at radius 1 is 1.55 bits per heavy atom. The van der Waals surface area contributed by atoms with Gasteiger partial charge in [-0.15, -0.1) is 0 Å². The average molecular weight is 152 g/mol. The van der Waals surface area contributed by atoms with E-state index in [1.165, 1.54) is 0 Å². The van der Waals surface area contributed by atoms with Crippen molar-refractivity contribution in [3.05, 3.63) is 0 Å². The fourth-order valence-corrected chi connectivity index (χ4v) is 1.26. The third-order valence-electron chi connectivity index (χ3n) is 1.92. The highest BCUT2D eigenvalue weighted by molar-refractivity contribution is 5.87. The van der Waals surface area contributed by atoms with Gasteiger partial charge in [0.1, 0.15) is 6.04 Å². The Morgan fingerprint density at radius 3 is 2.36 bits per heavy atom. The van der Waals surface area contributed by atoms with E-state index in [0.29, 0.717) is 19.0 Å². The first-order valence-corrected chi connectivity index (χ1v) is 3.80. The maximum Gasteiger partial charge on any atom is 0.160 e. The van der Waals surface area contributed by atoms with Crippen molar-refractivity contribution in [3.63, 3.8) is 0 Å². The van der Waals surface area contributed by atoms with Crippen molar-refractivity contribution < 1.29 is 4.79 Å². The van der Waals surface area contributed by atoms with Crippen LogP contribution >= 0.6 is 0 Å². The van der Waals surface area contributed by atoms with Crippen LogP contribution in [0.5, 0.6) is 0 Å². The molecule has 1 fully saturated rings. The van der Waals surface area contributed by atoms with Crippen LogP contribution in [0.2, 0.25) is 0 Å². The molecule has 1 atom stereocenters. The Hall–Kier alpha value is -0.880. The zero-order chi connectivity index (χ0) is 8.43. The number of hydrogen-bond donors (Lipinski definition) is 0. The third-order valence-corrected chi connectivity index (χ3v) is 1.92. The van der Waals surface area contributed by atoms with Gasteiger partial charge in [0.2, 0.25) is 0 Å². The largest absolute Gasteiger partial charge is 0.297 e. The van der Waals surface area contributed by atoms with Gasteiger partial charge in [-0.3, -0.25) is 9.69 Å². The van der Waals surface area contributed by atoms with E-state index < -0.39 is 0 Å². The summed E-state index contributed by atoms with van der Waals surface area (Å²) in [7, 11) is 0. The Bertz CT molecular complexity index is 197. The molecule has 0 amide bonds. The molecule has 0 bridgehead atoms. The molecule has 1 rings (SSSR count). The number of carbonyl (C=O) groups is 1. The zero-order valence-electron chi connectivity index (χ0n) is 6.87. The predicted octanol–water partition coefficient (Wildman–Crippen LogP) is 0.419. The topological polar surface area (TPSA) is 44.1 Å². The minimum atomic E-state index is -0.0762. The lowest BCUT2D eigenvalue weighted by molar-refractivity contribution is -0.130. The van der Waals surface area contributed by atoms with Gasteiger partial charge in [0.05, 0.1) is 19.2 Å². The van der Waals surface area contributed by atoms with Gasteiger partial charge in [-0.2, -0.15) is 5.26 Å². The van der Waals surface area contributed by atoms with Gasteiger partial charge in [-0.1, -0.05) is 13.8 Å². The second-order valence-electron chi connectivity index (χ2n) is 3.26. The molecular weight excluding hydrogens is 140 g/mol. The summed E-state index contributed by atoms with van der Waals surface area (Å²) >= 11 is 0. The van der Waals surface area contributed by atoms with Gasteiger partial charge >= 0.3 is 0 Å². The highest BCUT2D eigenvalue weighted by Crippen LogP contribution is 2.14. The second kappa shape index (κ2) is 3.02. The molecule has 11 heavy (non-hydrogen) atoms. The van der Waals surface area contributed by atoms with Crippen LogP contribution in [0, 0.1) is 17.2 Å². The smallest absolute Gasteiger partial charge is 0.160 e. The Morgan fingerprint density at radius 2 is 2.09 bits per heavy atom. The maximum atomic E-state index is 10.6. The number of hydrogen-bond acceptors (Lipinski definition) is 3. The Balaban J connectivity index is 2.46. The first-order chi connectivity index (χ1) is 5.15. The lowest BCUT2D eigenvalue weighted by Gasteiger charge is -2.34. The number of Topliss-reactive ketones (excluding diaryl/α,β-unsaturated/α-hetero) is 1. The van der Waals surface area contributed by atoms with E-state index in [0.717, 1.165) is 0 Å². The van der Waals surface area contributed by atoms with Crippen molar-refractivity contribution in [2.75, 3.05) is 13.1 Å². The molecule has 0 aliphatic carbocycles. The van der Waals surface area contributed by atoms with Crippen LogP contribution in [-0.2, 0) is 4.79 Å². The quantitative estimate of drug-likeness (QED) is 0.576. The summed E-state index contributed by atoms with van der Waals surface area (Å²) in [6, 6.07) is 2.12. The molecule has 0 radical (unpaired) electrons. The number of likely N-dealkylation sites (tertiary alicyclic amines) is 1. The van der Waals surface area contributed by atoms with Gasteiger partial charge in [0.25, 0.3) is 0 Å². The Labute approximate surface area is 66.6 Å². The molecule has 1 aliphatic rings. The molecule has 0 saturated carbocycles. The van der Waals surface area contributed by atoms with Crippen LogP contribution in [0.3, 0.4) is 0 Å². The minimum Gasteiger partial charge on any atom is -0.297 e. The van der Waals surface area contributed by atoms with E-state index in [-0.39, 0.29) is 11.8 Å². The van der Waals surface area contributed by atoms with Crippen molar-refractivity contribution in [1.82, 2.24) is 4.90 Å². The molecule has 0 aromatic carbocycles. The second-order valence-corrected chi connectivity index (χ2v) is 3.26. The standard InChI is InChI=1S/C8H12N2O/c1-6(2)8(3-9)10-4-7(11)5-10/h6,8H,4-5H2,1-2H3. The summed E-state index contributed by atoms with van der Waals surface area (Å²) in [5.74, 6) is 0.555. The van der Waals surface area contributed by atoms with Gasteiger partial charge < -0.3 is 0 Å². The number of rotatable bonds is 2. The van der Waals surface area contributed by atoms with Gasteiger partial charge in [-0.25, -0.2) is 0 Å². The summed E-state index contributed by atoms with van der Waals surface area (Å²) in [5.41, 5.74) is 0. The summed E-state index contributed by atoms with van der Waals surface area (Å²) in [6.45, 7) is 4.93. The fraction of sp³-hybridized carbons (Fsp3) is 0.750. The molecule has 3 nitrogen and oxygen atoms in total. The highest BCUT2D eigenvalue weighted by Gasteiger charge is 2.31. The number of nitriles is 1. The molecule has 0 spiro atoms. The van der Waals surface area contributed by atoms with Crippen molar-refractivity contribution in [3.8, 4) is 6.07 Å². The van der Waals surface area contributed by atoms with Crippen LogP contribution in [0.15, 0.2) is 0 Å². The molecule has 0 aromatic rings. The summed E-state index contributed by atoms with van der Waals surface area (Å²) in [6.07, 6.45) is 0. The Kier molecular flexibility index (Phi) is 2.25. The maximum absolute atomic E-state index is 10.6. The first kappa shape index (κ1) is 8.22. The van der Waals surface area contributed by atoms with Crippen molar-refractivity contribution in [2.24, 2.45) is 5.92 Å². The first-order valence-electron chi connectivity index (χ1n) is 3.80. The number of carbonyl (C=O) groups excluding carboxylic acids is 1. The predicted molar refractivity (Wildman–Crippen MR) is 40.8 cm³/mol. The minimum absolute atomic E-state index is 0.0762. The monoisotopic (exact) mass is 152 g/mol. The van der Waals surface area contributed by atoms with E-state index in [4.69, 9.17) is 5.26 Å². The molecule has 1 unspecified atom stereocenters. The van der Waals surface area contributed by atoms with E-state index in [1.54, 1.807) is 0 Å². The van der Waals surface area contributed by atoms with E-state index in [2.05, 4.69) is 6.07 Å². The van der Waals surface area contributed by atoms with Gasteiger partial charge in [0, 0.05) is 0 Å². The third kappa shape index (κ3) is 1.58. The summed E-state index contributed by atoms with van der Waals surface area (Å²) < 4.78 is 0. The van der Waals surface area contributed by atoms with E-state index >= 15 is 0 Å². The lowest BCUT2D eigenvalue weighted by atomic mass is 10.0. The van der Waals surface area contributed by atoms with Crippen LogP contribution in [0.1, 0.15) is 13.8 Å². The normalized spacial score (nSPS) is 21.1. The van der Waals surface area contributed by atoms with Crippen molar-refractivity contribution >= 4 is 5.78 Å². The van der Waals surface area contributed by atoms with Crippen molar-refractivity contribution in [1.29, 1.82) is 5.26 Å². The number of ketones is 1. The molecule has 3 heteroatoms.